The zero-order chi connectivity index (χ0) is 19.4. The van der Waals surface area contributed by atoms with Crippen LogP contribution in [0.1, 0.15) is 39.7 Å². The Morgan fingerprint density at radius 2 is 2.07 bits per heavy atom. The Labute approximate surface area is 162 Å². The second-order valence-electron chi connectivity index (χ2n) is 6.58. The van der Waals surface area contributed by atoms with Crippen molar-refractivity contribution in [2.24, 2.45) is 5.92 Å². The molecule has 1 aromatic carbocycles. The monoisotopic (exact) mass is 380 g/mol. The van der Waals surface area contributed by atoms with Crippen LogP contribution in [0.5, 0.6) is 0 Å². The molecule has 5 nitrogen and oxygen atoms in total. The van der Waals surface area contributed by atoms with Crippen LogP contribution in [-0.2, 0) is 22.4 Å². The van der Waals surface area contributed by atoms with E-state index in [4.69, 9.17) is 4.74 Å². The van der Waals surface area contributed by atoms with Crippen LogP contribution in [0.15, 0.2) is 35.9 Å². The average Bonchev–Trinajstić information content (AvgIpc) is 3.02. The summed E-state index contributed by atoms with van der Waals surface area (Å²) in [6.07, 6.45) is 4.20. The first-order valence-corrected chi connectivity index (χ1v) is 9.56. The van der Waals surface area contributed by atoms with E-state index in [0.717, 1.165) is 35.3 Å². The lowest BCUT2D eigenvalue weighted by atomic mass is 9.88. The van der Waals surface area contributed by atoms with Gasteiger partial charge in [-0.05, 0) is 42.4 Å². The summed E-state index contributed by atoms with van der Waals surface area (Å²) in [5.74, 6) is -0.445. The van der Waals surface area contributed by atoms with Crippen LogP contribution >= 0.6 is 11.3 Å². The molecule has 1 unspecified atom stereocenters. The van der Waals surface area contributed by atoms with E-state index in [-0.39, 0.29) is 5.57 Å². The molecule has 27 heavy (non-hydrogen) atoms. The van der Waals surface area contributed by atoms with Crippen molar-refractivity contribution in [2.75, 3.05) is 12.4 Å². The van der Waals surface area contributed by atoms with Crippen LogP contribution in [0.4, 0.5) is 5.00 Å². The summed E-state index contributed by atoms with van der Waals surface area (Å²) in [6, 6.07) is 11.1. The van der Waals surface area contributed by atoms with E-state index in [2.05, 4.69) is 12.2 Å². The number of nitriles is 1. The van der Waals surface area contributed by atoms with Crippen LogP contribution in [0.3, 0.4) is 0 Å². The molecular weight excluding hydrogens is 360 g/mol. The van der Waals surface area contributed by atoms with Gasteiger partial charge in [-0.1, -0.05) is 37.3 Å². The Hall–Kier alpha value is -2.91. The minimum absolute atomic E-state index is 0.0169. The molecule has 0 saturated carbocycles. The van der Waals surface area contributed by atoms with Gasteiger partial charge in [0.2, 0.25) is 0 Å². The number of hydrogen-bond acceptors (Lipinski definition) is 5. The molecule has 0 fully saturated rings. The van der Waals surface area contributed by atoms with Gasteiger partial charge < -0.3 is 10.1 Å². The molecule has 2 aromatic rings. The number of methoxy groups -OCH3 is 1. The predicted molar refractivity (Wildman–Crippen MR) is 106 cm³/mol. The van der Waals surface area contributed by atoms with Crippen molar-refractivity contribution in [2.45, 2.75) is 26.2 Å². The van der Waals surface area contributed by atoms with Crippen LogP contribution in [0, 0.1) is 17.2 Å². The molecular formula is C21H20N2O3S. The number of thiophene rings is 1. The summed E-state index contributed by atoms with van der Waals surface area (Å²) in [4.78, 5) is 26.1. The average molecular weight is 380 g/mol. The van der Waals surface area contributed by atoms with Gasteiger partial charge >= 0.3 is 5.97 Å². The number of benzene rings is 1. The lowest BCUT2D eigenvalue weighted by Gasteiger charge is -2.18. The van der Waals surface area contributed by atoms with E-state index in [9.17, 15) is 14.9 Å². The van der Waals surface area contributed by atoms with E-state index < -0.39 is 11.9 Å². The van der Waals surface area contributed by atoms with Crippen LogP contribution in [0.25, 0.3) is 6.08 Å². The zero-order valence-electron chi connectivity index (χ0n) is 15.2. The van der Waals surface area contributed by atoms with E-state index in [0.29, 0.717) is 16.5 Å². The Morgan fingerprint density at radius 3 is 2.74 bits per heavy atom. The van der Waals surface area contributed by atoms with Crippen molar-refractivity contribution < 1.29 is 14.3 Å². The van der Waals surface area contributed by atoms with Gasteiger partial charge in [-0.25, -0.2) is 4.79 Å². The van der Waals surface area contributed by atoms with Crippen molar-refractivity contribution in [3.05, 3.63) is 57.5 Å². The van der Waals surface area contributed by atoms with Gasteiger partial charge in [0.25, 0.3) is 5.91 Å². The summed E-state index contributed by atoms with van der Waals surface area (Å²) in [5, 5.41) is 12.6. The molecule has 1 heterocycles. The molecule has 0 bridgehead atoms. The number of nitrogens with zero attached hydrogens (tertiary/aromatic N) is 1. The first-order valence-electron chi connectivity index (χ1n) is 8.74. The highest BCUT2D eigenvalue weighted by Gasteiger charge is 2.29. The maximum atomic E-state index is 12.6. The minimum Gasteiger partial charge on any atom is -0.465 e. The number of carbonyl (C=O) groups excluding carboxylic acids is 2. The fourth-order valence-corrected chi connectivity index (χ4v) is 4.59. The van der Waals surface area contributed by atoms with Crippen LogP contribution in [-0.4, -0.2) is 19.0 Å². The molecule has 0 radical (unpaired) electrons. The SMILES string of the molecule is COC(=O)c1c(NC(=O)/C(C#N)=C\c2ccccc2)sc2c1CCC(C)C2. The number of esters is 1. The van der Waals surface area contributed by atoms with Gasteiger partial charge in [0.15, 0.2) is 0 Å². The third-order valence-corrected chi connectivity index (χ3v) is 5.77. The Balaban J connectivity index is 1.92. The molecule has 0 saturated heterocycles. The summed E-state index contributed by atoms with van der Waals surface area (Å²) < 4.78 is 4.93. The fourth-order valence-electron chi connectivity index (χ4n) is 3.19. The standard InChI is InChI=1S/C21H20N2O3S/c1-13-8-9-16-17(10-13)27-20(18(16)21(25)26-2)23-19(24)15(12-22)11-14-6-4-3-5-7-14/h3-7,11,13H,8-10H2,1-2H3,(H,23,24)/b15-11-. The molecule has 1 aromatic heterocycles. The quantitative estimate of drug-likeness (QED) is 0.490. The van der Waals surface area contributed by atoms with E-state index >= 15 is 0 Å². The van der Waals surface area contributed by atoms with Crippen molar-refractivity contribution in [3.63, 3.8) is 0 Å². The highest BCUT2D eigenvalue weighted by molar-refractivity contribution is 7.17. The lowest BCUT2D eigenvalue weighted by molar-refractivity contribution is -0.112. The topological polar surface area (TPSA) is 79.2 Å². The van der Waals surface area contributed by atoms with Crippen LogP contribution < -0.4 is 5.32 Å². The van der Waals surface area contributed by atoms with E-state index in [1.165, 1.54) is 24.5 Å². The molecule has 138 valence electrons. The molecule has 0 spiro atoms. The third-order valence-electron chi connectivity index (χ3n) is 4.60. The molecule has 1 atom stereocenters. The van der Waals surface area contributed by atoms with Crippen LogP contribution in [0.2, 0.25) is 0 Å². The van der Waals surface area contributed by atoms with Gasteiger partial charge in [-0.3, -0.25) is 4.79 Å². The number of fused-ring (bicyclic) bond motifs is 1. The summed E-state index contributed by atoms with van der Waals surface area (Å²) in [7, 11) is 1.33. The van der Waals surface area contributed by atoms with Gasteiger partial charge in [0.1, 0.15) is 16.6 Å². The van der Waals surface area contributed by atoms with E-state index in [1.54, 1.807) is 0 Å². The number of rotatable bonds is 4. The van der Waals surface area contributed by atoms with Gasteiger partial charge in [-0.2, -0.15) is 5.26 Å². The predicted octanol–water partition coefficient (Wildman–Crippen LogP) is 4.21. The smallest absolute Gasteiger partial charge is 0.341 e. The molecule has 3 rings (SSSR count). The molecule has 1 N–H and O–H groups in total. The second kappa shape index (κ2) is 8.19. The Bertz CT molecular complexity index is 938. The van der Waals surface area contributed by atoms with Crippen molar-refractivity contribution in [3.8, 4) is 6.07 Å². The second-order valence-corrected chi connectivity index (χ2v) is 7.69. The minimum atomic E-state index is -0.529. The van der Waals surface area contributed by atoms with Gasteiger partial charge in [0.05, 0.1) is 12.7 Å². The number of ether oxygens (including phenoxy) is 1. The highest BCUT2D eigenvalue weighted by atomic mass is 32.1. The lowest BCUT2D eigenvalue weighted by Crippen LogP contribution is -2.16. The summed E-state index contributed by atoms with van der Waals surface area (Å²) in [6.45, 7) is 2.18. The number of anilines is 1. The van der Waals surface area contributed by atoms with Crippen molar-refractivity contribution in [1.82, 2.24) is 0 Å². The fraction of sp³-hybridized carbons (Fsp3) is 0.286. The molecule has 1 aliphatic carbocycles. The summed E-state index contributed by atoms with van der Waals surface area (Å²) in [5.41, 5.74) is 2.13. The largest absolute Gasteiger partial charge is 0.465 e. The highest BCUT2D eigenvalue weighted by Crippen LogP contribution is 2.40. The zero-order valence-corrected chi connectivity index (χ0v) is 16.1. The number of hydrogen-bond donors (Lipinski definition) is 1. The maximum Gasteiger partial charge on any atom is 0.341 e. The van der Waals surface area contributed by atoms with E-state index in [1.807, 2.05) is 36.4 Å². The first kappa shape index (κ1) is 18.9. The molecule has 6 heteroatoms. The Kier molecular flexibility index (Phi) is 5.72. The van der Waals surface area contributed by atoms with Crippen molar-refractivity contribution >= 4 is 34.3 Å². The number of amides is 1. The number of carbonyl (C=O) groups is 2. The third kappa shape index (κ3) is 4.09. The summed E-state index contributed by atoms with van der Waals surface area (Å²) >= 11 is 1.40. The maximum absolute atomic E-state index is 12.6. The van der Waals surface area contributed by atoms with Gasteiger partial charge in [-0.15, -0.1) is 11.3 Å². The van der Waals surface area contributed by atoms with Gasteiger partial charge in [0, 0.05) is 4.88 Å². The molecule has 1 aliphatic rings. The Morgan fingerprint density at radius 1 is 1.33 bits per heavy atom. The number of nitrogens with one attached hydrogen (secondary N) is 1. The molecule has 0 aliphatic heterocycles. The van der Waals surface area contributed by atoms with Crippen molar-refractivity contribution in [1.29, 1.82) is 5.26 Å². The normalized spacial score (nSPS) is 16.2. The first-order chi connectivity index (χ1) is 13.0. The molecule has 1 amide bonds.